The lowest BCUT2D eigenvalue weighted by atomic mass is 10.0. The molecule has 4 nitrogen and oxygen atoms in total. The van der Waals surface area contributed by atoms with Crippen molar-refractivity contribution in [1.29, 1.82) is 0 Å². The van der Waals surface area contributed by atoms with Gasteiger partial charge < -0.3 is 4.90 Å². The summed E-state index contributed by atoms with van der Waals surface area (Å²) >= 11 is 0. The number of hydrogen-bond donors (Lipinski definition) is 0. The van der Waals surface area contributed by atoms with Crippen molar-refractivity contribution in [1.82, 2.24) is 9.80 Å². The quantitative estimate of drug-likeness (QED) is 0.766. The van der Waals surface area contributed by atoms with Gasteiger partial charge in [0.1, 0.15) is 0 Å². The van der Waals surface area contributed by atoms with Gasteiger partial charge in [0.25, 0.3) is 0 Å². The molecule has 0 bridgehead atoms. The summed E-state index contributed by atoms with van der Waals surface area (Å²) in [4.78, 5) is 16.6. The molecule has 0 saturated carbocycles. The molecule has 1 fully saturated rings. The maximum atomic E-state index is 12.4. The highest BCUT2D eigenvalue weighted by atomic mass is 32.2. The lowest BCUT2D eigenvalue weighted by Gasteiger charge is -2.34. The molecule has 2 rings (SSSR count). The number of carbonyl (C=O) groups is 1. The van der Waals surface area contributed by atoms with E-state index >= 15 is 0 Å². The fraction of sp³-hybridized carbons (Fsp3) is 0.526. The summed E-state index contributed by atoms with van der Waals surface area (Å²) in [6.07, 6.45) is 5.35. The maximum Gasteiger partial charge on any atom is 0.246 e. The Bertz CT molecular complexity index is 647. The predicted molar refractivity (Wildman–Crippen MR) is 102 cm³/mol. The number of benzene rings is 1. The normalized spacial score (nSPS) is 17.4. The molecule has 1 aromatic rings. The second-order valence-corrected chi connectivity index (χ2v) is 8.13. The average Bonchev–Trinajstić information content (AvgIpc) is 2.55. The topological polar surface area (TPSA) is 40.6 Å². The van der Waals surface area contributed by atoms with E-state index in [1.54, 1.807) is 12.3 Å². The van der Waals surface area contributed by atoms with Crippen molar-refractivity contribution in [3.63, 3.8) is 0 Å². The van der Waals surface area contributed by atoms with Gasteiger partial charge in [-0.1, -0.05) is 12.1 Å². The summed E-state index contributed by atoms with van der Waals surface area (Å²) in [5.41, 5.74) is 4.82. The van der Waals surface area contributed by atoms with Crippen molar-refractivity contribution in [2.75, 3.05) is 44.7 Å². The first-order chi connectivity index (χ1) is 11.4. The lowest BCUT2D eigenvalue weighted by molar-refractivity contribution is -0.127. The van der Waals surface area contributed by atoms with Crippen molar-refractivity contribution in [2.45, 2.75) is 20.8 Å². The Morgan fingerprint density at radius 2 is 1.71 bits per heavy atom. The highest BCUT2D eigenvalue weighted by Crippen LogP contribution is 2.17. The molecule has 132 valence electrons. The van der Waals surface area contributed by atoms with Gasteiger partial charge in [-0.3, -0.25) is 13.9 Å². The molecule has 24 heavy (non-hydrogen) atoms. The van der Waals surface area contributed by atoms with Gasteiger partial charge in [-0.05, 0) is 49.1 Å². The van der Waals surface area contributed by atoms with E-state index in [1.807, 2.05) is 11.0 Å². The summed E-state index contributed by atoms with van der Waals surface area (Å²) < 4.78 is 11.2. The number of amides is 1. The third kappa shape index (κ3) is 5.28. The smallest absolute Gasteiger partial charge is 0.246 e. The molecule has 1 saturated heterocycles. The SMILES string of the molecule is Cc1cc(C)c(C=CC(=O)N2CCN(CCS(C)=O)CC2)cc1C. The lowest BCUT2D eigenvalue weighted by Crippen LogP contribution is -2.49. The third-order valence-electron chi connectivity index (χ3n) is 4.67. The molecule has 0 aromatic heterocycles. The van der Waals surface area contributed by atoms with Crippen LogP contribution in [0.5, 0.6) is 0 Å². The second-order valence-electron chi connectivity index (χ2n) is 6.57. The molecule has 0 N–H and O–H groups in total. The Balaban J connectivity index is 1.90. The largest absolute Gasteiger partial charge is 0.337 e. The van der Waals surface area contributed by atoms with Gasteiger partial charge in [-0.25, -0.2) is 0 Å². The fourth-order valence-corrected chi connectivity index (χ4v) is 3.39. The number of aryl methyl sites for hydroxylation is 3. The number of piperazine rings is 1. The van der Waals surface area contributed by atoms with Crippen molar-refractivity contribution in [3.05, 3.63) is 40.5 Å². The molecular formula is C19H28N2O2S. The highest BCUT2D eigenvalue weighted by Gasteiger charge is 2.19. The summed E-state index contributed by atoms with van der Waals surface area (Å²) in [5.74, 6) is 0.784. The maximum absolute atomic E-state index is 12.4. The van der Waals surface area contributed by atoms with Crippen LogP contribution in [0.2, 0.25) is 0 Å². The van der Waals surface area contributed by atoms with Crippen molar-refractivity contribution in [2.24, 2.45) is 0 Å². The molecule has 1 aliphatic heterocycles. The van der Waals surface area contributed by atoms with E-state index in [-0.39, 0.29) is 5.91 Å². The first-order valence-corrected chi connectivity index (χ1v) is 10.2. The van der Waals surface area contributed by atoms with Crippen LogP contribution in [0.3, 0.4) is 0 Å². The molecule has 1 aromatic carbocycles. The molecule has 5 heteroatoms. The Hall–Kier alpha value is -1.46. The van der Waals surface area contributed by atoms with Crippen LogP contribution >= 0.6 is 0 Å². The molecule has 1 heterocycles. The molecule has 1 atom stereocenters. The van der Waals surface area contributed by atoms with Gasteiger partial charge in [-0.15, -0.1) is 0 Å². The van der Waals surface area contributed by atoms with E-state index in [0.717, 1.165) is 38.3 Å². The van der Waals surface area contributed by atoms with Crippen molar-refractivity contribution < 1.29 is 9.00 Å². The van der Waals surface area contributed by atoms with Crippen LogP contribution in [0.1, 0.15) is 22.3 Å². The number of rotatable bonds is 5. The van der Waals surface area contributed by atoms with E-state index in [1.165, 1.54) is 16.7 Å². The third-order valence-corrected chi connectivity index (χ3v) is 5.42. The number of carbonyl (C=O) groups excluding carboxylic acids is 1. The van der Waals surface area contributed by atoms with Crippen LogP contribution in [0.15, 0.2) is 18.2 Å². The van der Waals surface area contributed by atoms with Gasteiger partial charge in [0.2, 0.25) is 5.91 Å². The summed E-state index contributed by atoms with van der Waals surface area (Å²) in [7, 11) is -0.748. The van der Waals surface area contributed by atoms with Crippen LogP contribution in [0.4, 0.5) is 0 Å². The molecule has 0 aliphatic carbocycles. The van der Waals surface area contributed by atoms with Crippen molar-refractivity contribution >= 4 is 22.8 Å². The summed E-state index contributed by atoms with van der Waals surface area (Å²) in [5, 5.41) is 0. The van der Waals surface area contributed by atoms with Crippen LogP contribution in [0, 0.1) is 20.8 Å². The monoisotopic (exact) mass is 348 g/mol. The zero-order valence-electron chi connectivity index (χ0n) is 15.2. The second kappa shape index (κ2) is 8.58. The zero-order chi connectivity index (χ0) is 17.7. The minimum Gasteiger partial charge on any atom is -0.337 e. The molecule has 0 radical (unpaired) electrons. The van der Waals surface area contributed by atoms with Gasteiger partial charge in [0.15, 0.2) is 0 Å². The molecule has 1 amide bonds. The predicted octanol–water partition coefficient (Wildman–Crippen LogP) is 2.15. The summed E-state index contributed by atoms with van der Waals surface area (Å²) in [6.45, 7) is 10.3. The Morgan fingerprint density at radius 1 is 1.08 bits per heavy atom. The van der Waals surface area contributed by atoms with Crippen LogP contribution < -0.4 is 0 Å². The van der Waals surface area contributed by atoms with Crippen LogP contribution in [-0.4, -0.2) is 64.6 Å². The summed E-state index contributed by atoms with van der Waals surface area (Å²) in [6, 6.07) is 4.30. The minimum absolute atomic E-state index is 0.0753. The number of hydrogen-bond acceptors (Lipinski definition) is 3. The Morgan fingerprint density at radius 3 is 2.33 bits per heavy atom. The van der Waals surface area contributed by atoms with Gasteiger partial charge >= 0.3 is 0 Å². The first kappa shape index (κ1) is 18.9. The van der Waals surface area contributed by atoms with E-state index in [0.29, 0.717) is 5.75 Å². The Labute approximate surface area is 148 Å². The Kier molecular flexibility index (Phi) is 6.75. The molecule has 1 aliphatic rings. The van der Waals surface area contributed by atoms with Gasteiger partial charge in [0.05, 0.1) is 0 Å². The van der Waals surface area contributed by atoms with E-state index in [2.05, 4.69) is 37.8 Å². The first-order valence-electron chi connectivity index (χ1n) is 8.44. The number of nitrogens with zero attached hydrogens (tertiary/aromatic N) is 2. The standard InChI is InChI=1S/C19H28N2O2S/c1-15-13-17(3)18(14-16(15)2)5-6-19(22)21-9-7-20(8-10-21)11-12-24(4)23/h5-6,13-14H,7-12H2,1-4H3. The van der Waals surface area contributed by atoms with E-state index < -0.39 is 10.8 Å². The highest BCUT2D eigenvalue weighted by molar-refractivity contribution is 7.84. The van der Waals surface area contributed by atoms with E-state index in [4.69, 9.17) is 0 Å². The molecular weight excluding hydrogens is 320 g/mol. The van der Waals surface area contributed by atoms with Crippen LogP contribution in [-0.2, 0) is 15.6 Å². The molecule has 0 spiro atoms. The van der Waals surface area contributed by atoms with Gasteiger partial charge in [0, 0.05) is 61.6 Å². The minimum atomic E-state index is -0.748. The van der Waals surface area contributed by atoms with Gasteiger partial charge in [-0.2, -0.15) is 0 Å². The van der Waals surface area contributed by atoms with E-state index in [9.17, 15) is 9.00 Å². The zero-order valence-corrected chi connectivity index (χ0v) is 16.0. The average molecular weight is 349 g/mol. The van der Waals surface area contributed by atoms with Crippen molar-refractivity contribution in [3.8, 4) is 0 Å². The van der Waals surface area contributed by atoms with Crippen LogP contribution in [0.25, 0.3) is 6.08 Å². The fourth-order valence-electron chi connectivity index (χ4n) is 2.88. The molecule has 1 unspecified atom stereocenters.